The molecule has 12 nitrogen and oxygen atoms in total. The van der Waals surface area contributed by atoms with E-state index in [0.717, 1.165) is 5.52 Å². The molecule has 3 aromatic rings. The molecule has 34 heavy (non-hydrogen) atoms. The van der Waals surface area contributed by atoms with Gasteiger partial charge in [0, 0.05) is 25.2 Å². The SMILES string of the molecule is O=C1CC(n2c(CO)nc3cnc(Nc4ccnc(C5=C[N+](S(=O)(=O)C6CC6)=C5)n4)cc32)CN1. The summed E-state index contributed by atoms with van der Waals surface area (Å²) in [5.74, 6) is 1.82. The second-order valence-corrected chi connectivity index (χ2v) is 10.6. The minimum absolute atomic E-state index is 0.0396. The van der Waals surface area contributed by atoms with Gasteiger partial charge < -0.3 is 20.3 Å². The predicted octanol–water partition coefficient (Wildman–Crippen LogP) is 0.448. The number of rotatable bonds is 7. The second kappa shape index (κ2) is 7.67. The van der Waals surface area contributed by atoms with Crippen molar-refractivity contribution >= 4 is 50.4 Å². The number of fused-ring (bicyclic) bond motifs is 1. The summed E-state index contributed by atoms with van der Waals surface area (Å²) >= 11 is 0. The van der Waals surface area contributed by atoms with Crippen LogP contribution < -0.4 is 10.6 Å². The Morgan fingerprint density at radius 1 is 1.24 bits per heavy atom. The summed E-state index contributed by atoms with van der Waals surface area (Å²) in [6.45, 7) is 0.216. The summed E-state index contributed by atoms with van der Waals surface area (Å²) in [6, 6.07) is 3.34. The van der Waals surface area contributed by atoms with Gasteiger partial charge >= 0.3 is 10.0 Å². The molecule has 5 heterocycles. The summed E-state index contributed by atoms with van der Waals surface area (Å²) < 4.78 is 27.7. The second-order valence-electron chi connectivity index (χ2n) is 8.45. The van der Waals surface area contributed by atoms with Crippen molar-refractivity contribution in [3.05, 3.63) is 42.4 Å². The van der Waals surface area contributed by atoms with Crippen LogP contribution in [-0.4, -0.2) is 65.9 Å². The van der Waals surface area contributed by atoms with E-state index in [1.54, 1.807) is 24.5 Å². The molecule has 3 aromatic heterocycles. The Bertz CT molecular complexity index is 1510. The highest BCUT2D eigenvalue weighted by Crippen LogP contribution is 2.32. The minimum Gasteiger partial charge on any atom is -0.388 e. The van der Waals surface area contributed by atoms with Crippen LogP contribution in [0.5, 0.6) is 0 Å². The number of pyridine rings is 1. The molecular formula is C21H21N8O4S+. The highest BCUT2D eigenvalue weighted by Gasteiger charge is 2.46. The summed E-state index contributed by atoms with van der Waals surface area (Å²) in [5, 5.41) is 15.4. The summed E-state index contributed by atoms with van der Waals surface area (Å²) in [5.41, 5.74) is 1.98. The van der Waals surface area contributed by atoms with E-state index in [1.807, 2.05) is 4.57 Å². The fourth-order valence-corrected chi connectivity index (χ4v) is 5.77. The van der Waals surface area contributed by atoms with Crippen molar-refractivity contribution < 1.29 is 22.3 Å². The van der Waals surface area contributed by atoms with Gasteiger partial charge in [-0.25, -0.2) is 19.9 Å². The lowest BCUT2D eigenvalue weighted by Gasteiger charge is -2.14. The van der Waals surface area contributed by atoms with E-state index >= 15 is 0 Å². The molecule has 0 aromatic carbocycles. The molecule has 2 fully saturated rings. The van der Waals surface area contributed by atoms with Crippen molar-refractivity contribution in [2.24, 2.45) is 0 Å². The highest BCUT2D eigenvalue weighted by molar-refractivity contribution is 7.86. The molecule has 0 radical (unpaired) electrons. The maximum atomic E-state index is 12.3. The number of aliphatic hydroxyl groups is 1. The molecule has 6 rings (SSSR count). The lowest BCUT2D eigenvalue weighted by Crippen LogP contribution is -2.27. The van der Waals surface area contributed by atoms with Crippen LogP contribution >= 0.6 is 0 Å². The number of imidazole rings is 1. The summed E-state index contributed by atoms with van der Waals surface area (Å²) in [4.78, 5) is 29.3. The average Bonchev–Trinajstić information content (AvgIpc) is 3.47. The zero-order valence-electron chi connectivity index (χ0n) is 17.9. The molecule has 1 amide bonds. The van der Waals surface area contributed by atoms with Gasteiger partial charge in [-0.1, -0.05) is 3.98 Å². The molecule has 3 N–H and O–H groups in total. The average molecular weight is 482 g/mol. The Morgan fingerprint density at radius 3 is 2.76 bits per heavy atom. The minimum atomic E-state index is -3.30. The number of sulfonamides is 1. The van der Waals surface area contributed by atoms with Crippen molar-refractivity contribution in [2.75, 3.05) is 11.9 Å². The maximum absolute atomic E-state index is 12.3. The van der Waals surface area contributed by atoms with E-state index in [0.29, 0.717) is 60.2 Å². The Kier molecular flexibility index (Phi) is 4.71. The van der Waals surface area contributed by atoms with Gasteiger partial charge in [-0.2, -0.15) is 8.42 Å². The van der Waals surface area contributed by atoms with Gasteiger partial charge in [-0.15, -0.1) is 0 Å². The number of nitrogens with one attached hydrogen (secondary N) is 2. The third kappa shape index (κ3) is 3.53. The Morgan fingerprint density at radius 2 is 2.06 bits per heavy atom. The standard InChI is InChI=1S/C21H20N8O4S/c30-11-19-25-15-8-23-18(6-16(15)29(19)13-5-20(31)24-7-13)26-17-3-4-22-21(27-17)12-9-28(10-12)34(32,33)14-1-2-14/h3-4,6,8-10,13-14,30H,1-2,5,7,11H2,(H-,22,23,24,26,27,31)/p+1. The number of hydrogen-bond donors (Lipinski definition) is 3. The van der Waals surface area contributed by atoms with Gasteiger partial charge in [0.05, 0.1) is 17.8 Å². The molecule has 1 saturated carbocycles. The first-order chi connectivity index (χ1) is 16.4. The number of allylic oxidation sites excluding steroid dienone is 1. The van der Waals surface area contributed by atoms with Crippen molar-refractivity contribution in [3.8, 4) is 0 Å². The number of carbonyl (C=O) groups excluding carboxylic acids is 1. The van der Waals surface area contributed by atoms with E-state index < -0.39 is 10.0 Å². The fraction of sp³-hybridized carbons (Fsp3) is 0.333. The van der Waals surface area contributed by atoms with Gasteiger partial charge in [0.1, 0.15) is 40.4 Å². The number of anilines is 2. The van der Waals surface area contributed by atoms with Crippen molar-refractivity contribution in [3.63, 3.8) is 0 Å². The molecule has 1 saturated heterocycles. The lowest BCUT2D eigenvalue weighted by atomic mass is 10.2. The van der Waals surface area contributed by atoms with Crippen molar-refractivity contribution in [1.29, 1.82) is 0 Å². The normalized spacial score (nSPS) is 20.0. The third-order valence-corrected chi connectivity index (χ3v) is 8.17. The van der Waals surface area contributed by atoms with Crippen LogP contribution in [0.25, 0.3) is 16.6 Å². The van der Waals surface area contributed by atoms with Crippen LogP contribution in [0.1, 0.15) is 37.0 Å². The van der Waals surface area contributed by atoms with Crippen LogP contribution in [0, 0.1) is 0 Å². The topological polar surface area (TPSA) is 155 Å². The molecule has 13 heteroatoms. The largest absolute Gasteiger partial charge is 0.388 e. The van der Waals surface area contributed by atoms with Crippen LogP contribution in [0.3, 0.4) is 0 Å². The Balaban J connectivity index is 1.26. The molecule has 0 bridgehead atoms. The Hall–Kier alpha value is -3.71. The molecule has 2 aliphatic heterocycles. The number of nitrogens with zero attached hydrogens (tertiary/aromatic N) is 6. The van der Waals surface area contributed by atoms with Crippen LogP contribution in [-0.2, 0) is 21.4 Å². The first-order valence-electron chi connectivity index (χ1n) is 10.9. The van der Waals surface area contributed by atoms with Gasteiger partial charge in [0.25, 0.3) is 0 Å². The zero-order valence-corrected chi connectivity index (χ0v) is 18.7. The number of amides is 1. The molecule has 3 aliphatic rings. The summed E-state index contributed by atoms with van der Waals surface area (Å²) in [7, 11) is -3.30. The molecule has 0 spiro atoms. The van der Waals surface area contributed by atoms with Crippen LogP contribution in [0.2, 0.25) is 0 Å². The molecule has 1 aliphatic carbocycles. The predicted molar refractivity (Wildman–Crippen MR) is 122 cm³/mol. The number of aromatic nitrogens is 5. The van der Waals surface area contributed by atoms with Gasteiger partial charge in [-0.3, -0.25) is 4.79 Å². The highest BCUT2D eigenvalue weighted by atomic mass is 32.2. The van der Waals surface area contributed by atoms with E-state index in [2.05, 4.69) is 30.6 Å². The van der Waals surface area contributed by atoms with E-state index in [4.69, 9.17) is 0 Å². The van der Waals surface area contributed by atoms with Crippen LogP contribution in [0.4, 0.5) is 11.6 Å². The number of aliphatic hydroxyl groups excluding tert-OH is 1. The van der Waals surface area contributed by atoms with Gasteiger partial charge in [-0.05, 0) is 18.9 Å². The Labute approximate surface area is 194 Å². The van der Waals surface area contributed by atoms with E-state index in [-0.39, 0.29) is 23.8 Å². The third-order valence-electron chi connectivity index (χ3n) is 6.05. The number of hydrogen-bond acceptors (Lipinski definition) is 9. The van der Waals surface area contributed by atoms with Gasteiger partial charge in [0.15, 0.2) is 5.82 Å². The first-order valence-corrected chi connectivity index (χ1v) is 12.4. The molecular weight excluding hydrogens is 460 g/mol. The maximum Gasteiger partial charge on any atom is 0.372 e. The molecule has 174 valence electrons. The summed E-state index contributed by atoms with van der Waals surface area (Å²) in [6.07, 6.45) is 7.97. The van der Waals surface area contributed by atoms with E-state index in [1.165, 1.54) is 16.4 Å². The monoisotopic (exact) mass is 481 g/mol. The van der Waals surface area contributed by atoms with Crippen molar-refractivity contribution in [1.82, 2.24) is 29.8 Å². The molecule has 1 unspecified atom stereocenters. The first kappa shape index (κ1) is 20.9. The van der Waals surface area contributed by atoms with E-state index in [9.17, 15) is 18.3 Å². The van der Waals surface area contributed by atoms with Crippen LogP contribution in [0.15, 0.2) is 30.7 Å². The zero-order chi connectivity index (χ0) is 23.4. The van der Waals surface area contributed by atoms with Gasteiger partial charge in [0.2, 0.25) is 18.3 Å². The van der Waals surface area contributed by atoms with Crippen molar-refractivity contribution in [2.45, 2.75) is 37.2 Å². The molecule has 1 atom stereocenters. The number of carbonyl (C=O) groups is 1. The quantitative estimate of drug-likeness (QED) is 0.408. The fourth-order valence-electron chi connectivity index (χ4n) is 4.17. The smallest absolute Gasteiger partial charge is 0.372 e. The lowest BCUT2D eigenvalue weighted by molar-refractivity contribution is -0.282.